The summed E-state index contributed by atoms with van der Waals surface area (Å²) in [5, 5.41) is 0. The minimum absolute atomic E-state index is 0.00715. The monoisotopic (exact) mass is 336 g/mol. The van der Waals surface area contributed by atoms with Crippen molar-refractivity contribution in [3.05, 3.63) is 0 Å². The van der Waals surface area contributed by atoms with Gasteiger partial charge in [-0.3, -0.25) is 9.59 Å². The second-order valence-corrected chi connectivity index (χ2v) is 9.74. The summed E-state index contributed by atoms with van der Waals surface area (Å²) in [4.78, 5) is 24.1. The number of ketones is 2. The Balaban J connectivity index is 1.57. The molecule has 0 aromatic carbocycles. The third kappa shape index (κ3) is 1.57. The van der Waals surface area contributed by atoms with Gasteiger partial charge in [0.25, 0.3) is 0 Å². The smallest absolute Gasteiger partial charge is 0.139 e. The molecule has 4 aliphatic carbocycles. The number of Topliss-reactive ketones (excluding diaryl/α,β-unsaturated/α-hetero) is 2. The van der Waals surface area contributed by atoms with Crippen LogP contribution in [-0.2, 0) is 14.3 Å². The fourth-order valence-corrected chi connectivity index (χ4v) is 7.90. The molecule has 4 heteroatoms. The van der Waals surface area contributed by atoms with Crippen LogP contribution in [-0.4, -0.2) is 29.2 Å². The van der Waals surface area contributed by atoms with Crippen molar-refractivity contribution in [1.29, 1.82) is 0 Å². The summed E-state index contributed by atoms with van der Waals surface area (Å²) >= 11 is 7.14. The predicted octanol–water partition coefficient (Wildman–Crippen LogP) is 3.52. The van der Waals surface area contributed by atoms with Gasteiger partial charge in [-0.15, -0.1) is 11.6 Å². The highest BCUT2D eigenvalue weighted by atomic mass is 35.5. The molecule has 126 valence electrons. The maximum Gasteiger partial charge on any atom is 0.139 e. The van der Waals surface area contributed by atoms with E-state index < -0.39 is 4.87 Å². The van der Waals surface area contributed by atoms with Crippen LogP contribution in [0.25, 0.3) is 0 Å². The van der Waals surface area contributed by atoms with E-state index in [4.69, 9.17) is 16.3 Å². The van der Waals surface area contributed by atoms with Crippen molar-refractivity contribution in [3.63, 3.8) is 0 Å². The molecule has 3 nitrogen and oxygen atoms in total. The van der Waals surface area contributed by atoms with Gasteiger partial charge in [0.1, 0.15) is 11.6 Å². The van der Waals surface area contributed by atoms with Crippen LogP contribution in [0.3, 0.4) is 0 Å². The molecule has 1 aliphatic heterocycles. The van der Waals surface area contributed by atoms with E-state index in [1.807, 2.05) is 0 Å². The van der Waals surface area contributed by atoms with Crippen molar-refractivity contribution < 1.29 is 14.3 Å². The van der Waals surface area contributed by atoms with Gasteiger partial charge in [-0.1, -0.05) is 6.92 Å². The first-order valence-corrected chi connectivity index (χ1v) is 9.64. The highest BCUT2D eigenvalue weighted by Gasteiger charge is 2.72. The van der Waals surface area contributed by atoms with Gasteiger partial charge in [-0.25, -0.2) is 0 Å². The summed E-state index contributed by atoms with van der Waals surface area (Å²) in [6, 6.07) is 0. The Morgan fingerprint density at radius 3 is 2.78 bits per heavy atom. The Morgan fingerprint density at radius 2 is 1.96 bits per heavy atom. The molecule has 5 rings (SSSR count). The quantitative estimate of drug-likeness (QED) is 0.636. The zero-order chi connectivity index (χ0) is 16.0. The fraction of sp³-hybridized carbons (Fsp3) is 0.895. The van der Waals surface area contributed by atoms with Gasteiger partial charge in [0, 0.05) is 30.1 Å². The Labute approximate surface area is 142 Å². The van der Waals surface area contributed by atoms with Crippen molar-refractivity contribution in [2.75, 3.05) is 6.61 Å². The van der Waals surface area contributed by atoms with Crippen molar-refractivity contribution in [2.24, 2.45) is 28.6 Å². The van der Waals surface area contributed by atoms with Crippen LogP contribution >= 0.6 is 11.6 Å². The molecule has 1 saturated heterocycles. The SMILES string of the molecule is C[C@]12CCC3C(CC4OC[C@@]35CCC(=O)C[C@]45Cl)C1CCC2=O. The van der Waals surface area contributed by atoms with E-state index in [0.29, 0.717) is 42.2 Å². The molecule has 0 aromatic heterocycles. The van der Waals surface area contributed by atoms with E-state index in [1.165, 1.54) is 0 Å². The Morgan fingerprint density at radius 1 is 1.13 bits per heavy atom. The molecule has 0 spiro atoms. The number of hydrogen-bond acceptors (Lipinski definition) is 3. The van der Waals surface area contributed by atoms with E-state index in [-0.39, 0.29) is 16.9 Å². The molecular formula is C19H25ClO3. The third-order valence-electron chi connectivity index (χ3n) is 8.53. The Bertz CT molecular complexity index is 603. The lowest BCUT2D eigenvalue weighted by molar-refractivity contribution is -0.139. The molecule has 2 bridgehead atoms. The molecule has 4 unspecified atom stereocenters. The lowest BCUT2D eigenvalue weighted by atomic mass is 9.45. The number of hydrogen-bond donors (Lipinski definition) is 0. The van der Waals surface area contributed by atoms with Crippen LogP contribution < -0.4 is 0 Å². The molecule has 0 radical (unpaired) electrons. The number of fused-ring (bicyclic) bond motifs is 3. The predicted molar refractivity (Wildman–Crippen MR) is 86.3 cm³/mol. The molecule has 7 atom stereocenters. The number of carbonyl (C=O) groups excluding carboxylic acids is 2. The number of ether oxygens (including phenoxy) is 1. The molecule has 0 N–H and O–H groups in total. The number of halogens is 1. The van der Waals surface area contributed by atoms with Crippen LogP contribution in [0.2, 0.25) is 0 Å². The Kier molecular flexibility index (Phi) is 2.85. The molecule has 1 heterocycles. The van der Waals surface area contributed by atoms with Gasteiger partial charge in [0.2, 0.25) is 0 Å². The first-order valence-electron chi connectivity index (χ1n) is 9.26. The first-order chi connectivity index (χ1) is 10.9. The van der Waals surface area contributed by atoms with Crippen molar-refractivity contribution in [2.45, 2.75) is 69.3 Å². The number of rotatable bonds is 0. The summed E-state index contributed by atoms with van der Waals surface area (Å²) in [5.74, 6) is 2.40. The zero-order valence-electron chi connectivity index (χ0n) is 13.8. The van der Waals surface area contributed by atoms with Crippen molar-refractivity contribution >= 4 is 23.2 Å². The van der Waals surface area contributed by atoms with Crippen LogP contribution in [0.5, 0.6) is 0 Å². The van der Waals surface area contributed by atoms with E-state index in [2.05, 4.69) is 6.92 Å². The minimum Gasteiger partial charge on any atom is -0.376 e. The lowest BCUT2D eigenvalue weighted by Crippen LogP contribution is -2.63. The summed E-state index contributed by atoms with van der Waals surface area (Å²) in [6.07, 6.45) is 6.90. The van der Waals surface area contributed by atoms with Gasteiger partial charge >= 0.3 is 0 Å². The van der Waals surface area contributed by atoms with Crippen molar-refractivity contribution in [3.8, 4) is 0 Å². The third-order valence-corrected chi connectivity index (χ3v) is 9.28. The maximum absolute atomic E-state index is 12.5. The van der Waals surface area contributed by atoms with E-state index in [0.717, 1.165) is 45.1 Å². The molecule has 5 fully saturated rings. The molecule has 4 saturated carbocycles. The molecular weight excluding hydrogens is 312 g/mol. The van der Waals surface area contributed by atoms with E-state index >= 15 is 0 Å². The molecule has 23 heavy (non-hydrogen) atoms. The average Bonchev–Trinajstić information content (AvgIpc) is 2.88. The van der Waals surface area contributed by atoms with Gasteiger partial charge in [-0.05, 0) is 49.9 Å². The highest BCUT2D eigenvalue weighted by Crippen LogP contribution is 2.70. The normalized spacial score (nSPS) is 57.8. The molecule has 0 aromatic rings. The van der Waals surface area contributed by atoms with Gasteiger partial charge in [0.05, 0.1) is 17.6 Å². The zero-order valence-corrected chi connectivity index (χ0v) is 14.5. The highest BCUT2D eigenvalue weighted by molar-refractivity contribution is 6.27. The second kappa shape index (κ2) is 4.40. The topological polar surface area (TPSA) is 43.4 Å². The lowest BCUT2D eigenvalue weighted by Gasteiger charge is -2.60. The van der Waals surface area contributed by atoms with Gasteiger partial charge in [-0.2, -0.15) is 0 Å². The largest absolute Gasteiger partial charge is 0.376 e. The summed E-state index contributed by atoms with van der Waals surface area (Å²) < 4.78 is 6.20. The van der Waals surface area contributed by atoms with Crippen LogP contribution in [0.4, 0.5) is 0 Å². The van der Waals surface area contributed by atoms with E-state index in [1.54, 1.807) is 0 Å². The number of alkyl halides is 1. The van der Waals surface area contributed by atoms with Crippen LogP contribution in [0, 0.1) is 28.6 Å². The molecule has 5 aliphatic rings. The fourth-order valence-electron chi connectivity index (χ4n) is 7.31. The van der Waals surface area contributed by atoms with Gasteiger partial charge < -0.3 is 4.74 Å². The molecule has 0 amide bonds. The summed E-state index contributed by atoms with van der Waals surface area (Å²) in [6.45, 7) is 2.93. The summed E-state index contributed by atoms with van der Waals surface area (Å²) in [5.41, 5.74) is -0.128. The van der Waals surface area contributed by atoms with Gasteiger partial charge in [0.15, 0.2) is 0 Å². The Hall–Kier alpha value is -0.410. The van der Waals surface area contributed by atoms with E-state index in [9.17, 15) is 9.59 Å². The maximum atomic E-state index is 12.5. The summed E-state index contributed by atoms with van der Waals surface area (Å²) in [7, 11) is 0. The van der Waals surface area contributed by atoms with Crippen LogP contribution in [0.15, 0.2) is 0 Å². The second-order valence-electron chi connectivity index (χ2n) is 9.06. The van der Waals surface area contributed by atoms with Crippen molar-refractivity contribution in [1.82, 2.24) is 0 Å². The number of carbonyl (C=O) groups is 2. The first kappa shape index (κ1) is 14.9. The van der Waals surface area contributed by atoms with Crippen LogP contribution in [0.1, 0.15) is 58.3 Å². The standard InChI is InChI=1S/C19H25ClO3/c1-17-6-5-14-12(13(17)2-3-15(17)22)8-16-19(20)9-11(21)4-7-18(14,19)10-23-16/h12-14,16H,2-10H2,1H3/t12?,13?,14?,16?,17-,18-,19-/m0/s1. The minimum atomic E-state index is -0.472. The average molecular weight is 337 g/mol.